The fraction of sp³-hybridized carbons (Fsp3) is 0.235. The van der Waals surface area contributed by atoms with Crippen LogP contribution >= 0.6 is 0 Å². The maximum absolute atomic E-state index is 12.7. The first-order valence-corrected chi connectivity index (χ1v) is 7.29. The summed E-state index contributed by atoms with van der Waals surface area (Å²) in [5.41, 5.74) is 3.43. The molecule has 0 aliphatic carbocycles. The minimum absolute atomic E-state index is 0.146. The highest BCUT2D eigenvalue weighted by atomic mass is 16.1. The smallest absolute Gasteiger partial charge is 0.257 e. The molecule has 0 spiro atoms. The van der Waals surface area contributed by atoms with Crippen molar-refractivity contribution in [2.45, 2.75) is 20.3 Å². The highest BCUT2D eigenvalue weighted by molar-refractivity contribution is 6.12. The number of nitrogens with one attached hydrogen (secondary N) is 1. The second kappa shape index (κ2) is 5.60. The third-order valence-electron chi connectivity index (χ3n) is 3.84. The van der Waals surface area contributed by atoms with Crippen LogP contribution in [0.2, 0.25) is 0 Å². The second-order valence-corrected chi connectivity index (χ2v) is 5.23. The van der Waals surface area contributed by atoms with Crippen LogP contribution in [0, 0.1) is 6.92 Å². The maximum Gasteiger partial charge on any atom is 0.257 e. The van der Waals surface area contributed by atoms with E-state index in [4.69, 9.17) is 0 Å². The summed E-state index contributed by atoms with van der Waals surface area (Å²) in [6.07, 6.45) is 2.57. The van der Waals surface area contributed by atoms with Crippen LogP contribution in [0.5, 0.6) is 0 Å². The van der Waals surface area contributed by atoms with E-state index in [1.54, 1.807) is 10.9 Å². The number of rotatable bonds is 3. The molecule has 0 saturated heterocycles. The number of anilines is 1. The molecule has 112 valence electrons. The van der Waals surface area contributed by atoms with Gasteiger partial charge in [-0.3, -0.25) is 14.5 Å². The quantitative estimate of drug-likeness (QED) is 0.807. The lowest BCUT2D eigenvalue weighted by atomic mass is 10.1. The topological polar surface area (TPSA) is 59.8 Å². The first kappa shape index (κ1) is 14.3. The van der Waals surface area contributed by atoms with Gasteiger partial charge >= 0.3 is 0 Å². The van der Waals surface area contributed by atoms with Gasteiger partial charge in [0.05, 0.1) is 11.2 Å². The van der Waals surface area contributed by atoms with Crippen molar-refractivity contribution in [1.82, 2.24) is 14.8 Å². The number of nitrogens with zero attached hydrogens (tertiary/aromatic N) is 3. The summed E-state index contributed by atoms with van der Waals surface area (Å²) in [5, 5.41) is 8.25. The molecule has 0 unspecified atom stereocenters. The van der Waals surface area contributed by atoms with E-state index in [-0.39, 0.29) is 5.91 Å². The molecule has 1 N–H and O–H groups in total. The molecule has 1 amide bonds. The predicted octanol–water partition coefficient (Wildman–Crippen LogP) is 3.09. The fourth-order valence-corrected chi connectivity index (χ4v) is 2.67. The number of pyridine rings is 1. The maximum atomic E-state index is 12.7. The van der Waals surface area contributed by atoms with Crippen LogP contribution in [0.25, 0.3) is 10.9 Å². The van der Waals surface area contributed by atoms with Crippen molar-refractivity contribution in [2.75, 3.05) is 5.32 Å². The second-order valence-electron chi connectivity index (χ2n) is 5.23. The Morgan fingerprint density at radius 1 is 1.27 bits per heavy atom. The van der Waals surface area contributed by atoms with Crippen molar-refractivity contribution in [1.29, 1.82) is 0 Å². The van der Waals surface area contributed by atoms with E-state index >= 15 is 0 Å². The first-order valence-electron chi connectivity index (χ1n) is 7.29. The third kappa shape index (κ3) is 2.35. The molecule has 2 aromatic heterocycles. The number of hydrogen-bond donors (Lipinski definition) is 1. The zero-order chi connectivity index (χ0) is 15.7. The first-order chi connectivity index (χ1) is 10.6. The van der Waals surface area contributed by atoms with Gasteiger partial charge in [0.2, 0.25) is 0 Å². The lowest BCUT2D eigenvalue weighted by Gasteiger charge is -2.09. The van der Waals surface area contributed by atoms with Crippen LogP contribution in [0.15, 0.2) is 36.5 Å². The normalized spacial score (nSPS) is 10.9. The van der Waals surface area contributed by atoms with Crippen LogP contribution < -0.4 is 5.32 Å². The zero-order valence-electron chi connectivity index (χ0n) is 12.9. The molecule has 0 aliphatic heterocycles. The molecule has 22 heavy (non-hydrogen) atoms. The molecule has 3 aromatic rings. The highest BCUT2D eigenvalue weighted by Crippen LogP contribution is 2.21. The number of carbonyl (C=O) groups is 1. The van der Waals surface area contributed by atoms with Gasteiger partial charge in [0.15, 0.2) is 0 Å². The van der Waals surface area contributed by atoms with Gasteiger partial charge in [-0.15, -0.1) is 0 Å². The van der Waals surface area contributed by atoms with Gasteiger partial charge in [0.25, 0.3) is 5.91 Å². The van der Waals surface area contributed by atoms with Crippen LogP contribution in [0.1, 0.15) is 28.5 Å². The molecular formula is C17H18N4O. The molecule has 2 heterocycles. The summed E-state index contributed by atoms with van der Waals surface area (Å²) >= 11 is 0. The molecule has 3 rings (SSSR count). The average molecular weight is 294 g/mol. The van der Waals surface area contributed by atoms with Crippen molar-refractivity contribution < 1.29 is 4.79 Å². The van der Waals surface area contributed by atoms with Crippen molar-refractivity contribution in [2.24, 2.45) is 7.05 Å². The van der Waals surface area contributed by atoms with Gasteiger partial charge in [-0.2, -0.15) is 5.10 Å². The Morgan fingerprint density at radius 2 is 2.09 bits per heavy atom. The minimum atomic E-state index is -0.146. The molecule has 5 nitrogen and oxygen atoms in total. The number of amides is 1. The predicted molar refractivity (Wildman–Crippen MR) is 87.0 cm³/mol. The fourth-order valence-electron chi connectivity index (χ4n) is 2.67. The van der Waals surface area contributed by atoms with E-state index < -0.39 is 0 Å². The number of aryl methyl sites for hydroxylation is 2. The summed E-state index contributed by atoms with van der Waals surface area (Å²) in [6, 6.07) is 9.30. The van der Waals surface area contributed by atoms with E-state index in [1.807, 2.05) is 44.3 Å². The number of benzene rings is 1. The molecule has 0 radical (unpaired) electrons. The van der Waals surface area contributed by atoms with E-state index in [1.165, 1.54) is 0 Å². The molecular weight excluding hydrogens is 276 g/mol. The van der Waals surface area contributed by atoms with Crippen molar-refractivity contribution >= 4 is 22.6 Å². The standard InChI is InChI=1S/C17H18N4O/c1-4-14-11(2)16(21(3)20-14)19-17(22)13-7-5-9-15-12(13)8-6-10-18-15/h5-10H,4H2,1-3H3,(H,19,22). The Bertz CT molecular complexity index is 846. The Kier molecular flexibility index (Phi) is 3.63. The van der Waals surface area contributed by atoms with Gasteiger partial charge in [0, 0.05) is 29.8 Å². The Balaban J connectivity index is 1.99. The van der Waals surface area contributed by atoms with Crippen LogP contribution in [0.4, 0.5) is 5.82 Å². The van der Waals surface area contributed by atoms with Crippen molar-refractivity contribution in [3.8, 4) is 0 Å². The van der Waals surface area contributed by atoms with E-state index in [9.17, 15) is 4.79 Å². The van der Waals surface area contributed by atoms with Gasteiger partial charge in [0.1, 0.15) is 5.82 Å². The Hall–Kier alpha value is -2.69. The zero-order valence-corrected chi connectivity index (χ0v) is 12.9. The number of fused-ring (bicyclic) bond motifs is 1. The highest BCUT2D eigenvalue weighted by Gasteiger charge is 2.16. The van der Waals surface area contributed by atoms with Gasteiger partial charge in [-0.1, -0.05) is 19.1 Å². The molecule has 0 fully saturated rings. The van der Waals surface area contributed by atoms with Crippen LogP contribution in [-0.2, 0) is 13.5 Å². The summed E-state index contributed by atoms with van der Waals surface area (Å²) in [6.45, 7) is 4.03. The molecule has 5 heteroatoms. The summed E-state index contributed by atoms with van der Waals surface area (Å²) < 4.78 is 1.72. The monoisotopic (exact) mass is 294 g/mol. The number of carbonyl (C=O) groups excluding carboxylic acids is 1. The summed E-state index contributed by atoms with van der Waals surface area (Å²) in [7, 11) is 1.84. The SMILES string of the molecule is CCc1nn(C)c(NC(=O)c2cccc3ncccc23)c1C. The van der Waals surface area contributed by atoms with Crippen molar-refractivity contribution in [3.63, 3.8) is 0 Å². The van der Waals surface area contributed by atoms with Crippen molar-refractivity contribution in [3.05, 3.63) is 53.3 Å². The van der Waals surface area contributed by atoms with Crippen LogP contribution in [-0.4, -0.2) is 20.7 Å². The Morgan fingerprint density at radius 3 is 2.82 bits per heavy atom. The largest absolute Gasteiger partial charge is 0.307 e. The van der Waals surface area contributed by atoms with E-state index in [2.05, 4.69) is 22.3 Å². The average Bonchev–Trinajstić information content (AvgIpc) is 2.81. The lowest BCUT2D eigenvalue weighted by molar-refractivity contribution is 0.102. The molecule has 0 atom stereocenters. The van der Waals surface area contributed by atoms with Gasteiger partial charge in [-0.05, 0) is 31.5 Å². The third-order valence-corrected chi connectivity index (χ3v) is 3.84. The van der Waals surface area contributed by atoms with Gasteiger partial charge in [-0.25, -0.2) is 0 Å². The molecule has 0 aliphatic rings. The number of aromatic nitrogens is 3. The molecule has 0 saturated carbocycles. The Labute approximate surface area is 129 Å². The summed E-state index contributed by atoms with van der Waals surface area (Å²) in [5.74, 6) is 0.593. The minimum Gasteiger partial charge on any atom is -0.307 e. The van der Waals surface area contributed by atoms with Gasteiger partial charge < -0.3 is 5.32 Å². The molecule has 0 bridgehead atoms. The summed E-state index contributed by atoms with van der Waals surface area (Å²) in [4.78, 5) is 16.9. The lowest BCUT2D eigenvalue weighted by Crippen LogP contribution is -2.15. The molecule has 1 aromatic carbocycles. The van der Waals surface area contributed by atoms with Crippen LogP contribution in [0.3, 0.4) is 0 Å². The van der Waals surface area contributed by atoms with E-state index in [0.717, 1.165) is 34.4 Å². The van der Waals surface area contributed by atoms with E-state index in [0.29, 0.717) is 5.56 Å². The number of hydrogen-bond acceptors (Lipinski definition) is 3.